The molecule has 10 heavy (non-hydrogen) atoms. The summed E-state index contributed by atoms with van der Waals surface area (Å²) in [5.74, 6) is -0.135. The monoisotopic (exact) mass is 314 g/mol. The molecule has 0 aliphatic rings. The van der Waals surface area contributed by atoms with Crippen molar-refractivity contribution in [3.05, 3.63) is 33.1 Å². The van der Waals surface area contributed by atoms with Gasteiger partial charge in [0.15, 0.2) is 0 Å². The van der Waals surface area contributed by atoms with Crippen molar-refractivity contribution in [3.63, 3.8) is 0 Å². The topological polar surface area (TPSA) is 0 Å². The maximum absolute atomic E-state index is 12.8. The van der Waals surface area contributed by atoms with Gasteiger partial charge in [0.2, 0.25) is 0 Å². The molecular formula is C7H5BrFI. The Balaban J connectivity index is 3.17. The molecule has 1 aromatic rings. The van der Waals surface area contributed by atoms with Crippen LogP contribution in [-0.4, -0.2) is 0 Å². The summed E-state index contributed by atoms with van der Waals surface area (Å²) in [5.41, 5.74) is 0.739. The van der Waals surface area contributed by atoms with E-state index in [-0.39, 0.29) is 5.82 Å². The molecule has 0 aromatic heterocycles. The van der Waals surface area contributed by atoms with Crippen LogP contribution in [0.25, 0.3) is 0 Å². The first-order valence-electron chi connectivity index (χ1n) is 2.74. The Morgan fingerprint density at radius 3 is 2.60 bits per heavy atom. The third-order valence-corrected chi connectivity index (χ3v) is 2.77. The second kappa shape index (κ2) is 3.67. The summed E-state index contributed by atoms with van der Waals surface area (Å²) >= 11 is 5.33. The normalized spacial score (nSPS) is 9.90. The molecule has 0 nitrogen and oxygen atoms in total. The van der Waals surface area contributed by atoms with E-state index in [1.807, 2.05) is 6.07 Å². The van der Waals surface area contributed by atoms with Gasteiger partial charge in [0.05, 0.1) is 0 Å². The number of halogens is 3. The summed E-state index contributed by atoms with van der Waals surface area (Å²) in [6.07, 6.45) is 0. The van der Waals surface area contributed by atoms with Crippen molar-refractivity contribution in [2.45, 2.75) is 5.33 Å². The number of hydrogen-bond acceptors (Lipinski definition) is 0. The van der Waals surface area contributed by atoms with E-state index in [9.17, 15) is 4.39 Å². The summed E-state index contributed by atoms with van der Waals surface area (Å²) in [5, 5.41) is 0.581. The molecule has 0 bridgehead atoms. The minimum absolute atomic E-state index is 0.135. The number of rotatable bonds is 1. The van der Waals surface area contributed by atoms with Gasteiger partial charge in [-0.2, -0.15) is 0 Å². The molecule has 0 amide bonds. The smallest absolute Gasteiger partial charge is 0.128 e. The lowest BCUT2D eigenvalue weighted by Gasteiger charge is -1.99. The third-order valence-electron chi connectivity index (χ3n) is 1.20. The summed E-state index contributed by atoms with van der Waals surface area (Å²) < 4.78 is 13.8. The molecule has 1 aromatic carbocycles. The molecule has 0 N–H and O–H groups in total. The van der Waals surface area contributed by atoms with Crippen molar-refractivity contribution in [2.75, 3.05) is 0 Å². The highest BCUT2D eigenvalue weighted by Crippen LogP contribution is 2.17. The molecule has 0 unspecified atom stereocenters. The zero-order valence-electron chi connectivity index (χ0n) is 5.07. The van der Waals surface area contributed by atoms with Gasteiger partial charge in [-0.15, -0.1) is 0 Å². The van der Waals surface area contributed by atoms with Crippen molar-refractivity contribution in [1.29, 1.82) is 0 Å². The van der Waals surface area contributed by atoms with Crippen molar-refractivity contribution in [3.8, 4) is 0 Å². The SMILES string of the molecule is Fc1cccc(I)c1CBr. The number of hydrogen-bond donors (Lipinski definition) is 0. The summed E-state index contributed by atoms with van der Waals surface area (Å²) in [6, 6.07) is 5.07. The first kappa shape index (κ1) is 8.46. The molecule has 3 heteroatoms. The van der Waals surface area contributed by atoms with Crippen LogP contribution >= 0.6 is 38.5 Å². The molecule has 0 heterocycles. The molecule has 0 atom stereocenters. The largest absolute Gasteiger partial charge is 0.207 e. The average molecular weight is 315 g/mol. The Morgan fingerprint density at radius 1 is 1.50 bits per heavy atom. The standard InChI is InChI=1S/C7H5BrFI/c8-4-5-6(9)2-1-3-7(5)10/h1-3H,4H2. The molecule has 54 valence electrons. The zero-order valence-corrected chi connectivity index (χ0v) is 8.82. The fourth-order valence-corrected chi connectivity index (χ4v) is 2.41. The molecule has 0 aliphatic heterocycles. The molecule has 0 saturated carbocycles. The highest BCUT2D eigenvalue weighted by Gasteiger charge is 2.02. The maximum atomic E-state index is 12.8. The van der Waals surface area contributed by atoms with Gasteiger partial charge >= 0.3 is 0 Å². The Bertz CT molecular complexity index is 217. The summed E-state index contributed by atoms with van der Waals surface area (Å²) in [6.45, 7) is 0. The van der Waals surface area contributed by atoms with E-state index in [1.54, 1.807) is 6.07 Å². The lowest BCUT2D eigenvalue weighted by molar-refractivity contribution is 0.616. The Labute approximate surface area is 81.1 Å². The van der Waals surface area contributed by atoms with E-state index >= 15 is 0 Å². The molecule has 0 spiro atoms. The van der Waals surface area contributed by atoms with Crippen molar-refractivity contribution in [2.24, 2.45) is 0 Å². The molecule has 0 saturated heterocycles. The van der Waals surface area contributed by atoms with Crippen LogP contribution in [0.1, 0.15) is 5.56 Å². The Kier molecular flexibility index (Phi) is 3.10. The molecular weight excluding hydrogens is 310 g/mol. The fourth-order valence-electron chi connectivity index (χ4n) is 0.660. The quantitative estimate of drug-likeness (QED) is 0.551. The van der Waals surface area contributed by atoms with Gasteiger partial charge in [-0.25, -0.2) is 4.39 Å². The predicted octanol–water partition coefficient (Wildman–Crippen LogP) is 3.33. The van der Waals surface area contributed by atoms with Crippen LogP contribution in [0.3, 0.4) is 0 Å². The van der Waals surface area contributed by atoms with E-state index in [0.29, 0.717) is 5.33 Å². The van der Waals surface area contributed by atoms with E-state index in [1.165, 1.54) is 6.07 Å². The van der Waals surface area contributed by atoms with Gasteiger partial charge in [0.1, 0.15) is 5.82 Å². The predicted molar refractivity (Wildman–Crippen MR) is 51.7 cm³/mol. The van der Waals surface area contributed by atoms with Crippen molar-refractivity contribution < 1.29 is 4.39 Å². The van der Waals surface area contributed by atoms with Crippen LogP contribution in [0.15, 0.2) is 18.2 Å². The van der Waals surface area contributed by atoms with Gasteiger partial charge in [-0.1, -0.05) is 22.0 Å². The number of benzene rings is 1. The molecule has 0 fully saturated rings. The van der Waals surface area contributed by atoms with Gasteiger partial charge < -0.3 is 0 Å². The van der Waals surface area contributed by atoms with E-state index in [4.69, 9.17) is 0 Å². The first-order valence-corrected chi connectivity index (χ1v) is 4.94. The van der Waals surface area contributed by atoms with Gasteiger partial charge in [0.25, 0.3) is 0 Å². The van der Waals surface area contributed by atoms with Crippen molar-refractivity contribution >= 4 is 38.5 Å². The lowest BCUT2D eigenvalue weighted by Crippen LogP contribution is -1.88. The van der Waals surface area contributed by atoms with Crippen LogP contribution in [-0.2, 0) is 5.33 Å². The Hall–Kier alpha value is 0.360. The van der Waals surface area contributed by atoms with Crippen LogP contribution in [0.5, 0.6) is 0 Å². The number of alkyl halides is 1. The van der Waals surface area contributed by atoms with Gasteiger partial charge in [0, 0.05) is 14.5 Å². The highest BCUT2D eigenvalue weighted by molar-refractivity contribution is 14.1. The van der Waals surface area contributed by atoms with Gasteiger partial charge in [-0.3, -0.25) is 0 Å². The fraction of sp³-hybridized carbons (Fsp3) is 0.143. The summed E-state index contributed by atoms with van der Waals surface area (Å²) in [7, 11) is 0. The second-order valence-corrected chi connectivity index (χ2v) is 3.56. The summed E-state index contributed by atoms with van der Waals surface area (Å²) in [4.78, 5) is 0. The van der Waals surface area contributed by atoms with Gasteiger partial charge in [-0.05, 0) is 34.7 Å². The van der Waals surface area contributed by atoms with Crippen LogP contribution < -0.4 is 0 Å². The maximum Gasteiger partial charge on any atom is 0.128 e. The highest BCUT2D eigenvalue weighted by atomic mass is 127. The molecule has 1 rings (SSSR count). The molecule has 0 radical (unpaired) electrons. The van der Waals surface area contributed by atoms with Crippen LogP contribution in [0, 0.1) is 9.39 Å². The van der Waals surface area contributed by atoms with Crippen LogP contribution in [0.4, 0.5) is 4.39 Å². The zero-order chi connectivity index (χ0) is 7.56. The minimum atomic E-state index is -0.135. The van der Waals surface area contributed by atoms with Crippen molar-refractivity contribution in [1.82, 2.24) is 0 Å². The second-order valence-electron chi connectivity index (χ2n) is 1.83. The van der Waals surface area contributed by atoms with E-state index in [2.05, 4.69) is 38.5 Å². The molecule has 0 aliphatic carbocycles. The average Bonchev–Trinajstić information content (AvgIpc) is 1.88. The first-order chi connectivity index (χ1) is 4.75. The van der Waals surface area contributed by atoms with E-state index < -0.39 is 0 Å². The third kappa shape index (κ3) is 1.69. The lowest BCUT2D eigenvalue weighted by atomic mass is 10.2. The van der Waals surface area contributed by atoms with Crippen LogP contribution in [0.2, 0.25) is 0 Å². The van der Waals surface area contributed by atoms with E-state index in [0.717, 1.165) is 9.13 Å². The minimum Gasteiger partial charge on any atom is -0.207 e. The Morgan fingerprint density at radius 2 is 2.20 bits per heavy atom.